The summed E-state index contributed by atoms with van der Waals surface area (Å²) < 4.78 is 13.7. The highest BCUT2D eigenvalue weighted by atomic mass is 79.9. The van der Waals surface area contributed by atoms with Crippen LogP contribution in [0.15, 0.2) is 91.4 Å². The van der Waals surface area contributed by atoms with E-state index in [0.29, 0.717) is 28.1 Å². The zero-order valence-electron chi connectivity index (χ0n) is 17.9. The minimum atomic E-state index is -0.686. The van der Waals surface area contributed by atoms with Crippen molar-refractivity contribution in [1.82, 2.24) is 9.38 Å². The van der Waals surface area contributed by atoms with Crippen LogP contribution in [0, 0.1) is 6.92 Å². The first-order valence-corrected chi connectivity index (χ1v) is 11.2. The van der Waals surface area contributed by atoms with Crippen LogP contribution in [0.3, 0.4) is 0 Å². The molecule has 5 aromatic rings. The van der Waals surface area contributed by atoms with Crippen molar-refractivity contribution in [2.24, 2.45) is 0 Å². The monoisotopic (exact) mass is 516 g/mol. The number of hydrogen-bond acceptors (Lipinski definition) is 6. The molecule has 0 aliphatic heterocycles. The SMILES string of the molecule is Cc1c(-c2ccccc2)oc2c(C(=O)OCc3cc(=O)n4cc(Br)ccc4n3)cccc2c1=O. The highest BCUT2D eigenvalue weighted by molar-refractivity contribution is 9.10. The van der Waals surface area contributed by atoms with Crippen molar-refractivity contribution in [3.63, 3.8) is 0 Å². The number of aromatic nitrogens is 2. The van der Waals surface area contributed by atoms with Crippen LogP contribution in [0.4, 0.5) is 0 Å². The Morgan fingerprint density at radius 1 is 1.06 bits per heavy atom. The number of benzene rings is 2. The molecule has 0 amide bonds. The van der Waals surface area contributed by atoms with E-state index < -0.39 is 5.97 Å². The van der Waals surface area contributed by atoms with Gasteiger partial charge in [-0.25, -0.2) is 9.78 Å². The molecule has 5 rings (SSSR count). The largest absolute Gasteiger partial charge is 0.455 e. The Kier molecular flexibility index (Phi) is 5.59. The van der Waals surface area contributed by atoms with Gasteiger partial charge in [0.1, 0.15) is 23.6 Å². The summed E-state index contributed by atoms with van der Waals surface area (Å²) in [4.78, 5) is 42.7. The van der Waals surface area contributed by atoms with Crippen molar-refractivity contribution in [3.05, 3.63) is 115 Å². The first-order valence-electron chi connectivity index (χ1n) is 10.4. The van der Waals surface area contributed by atoms with Crippen molar-refractivity contribution >= 4 is 38.5 Å². The van der Waals surface area contributed by atoms with Crippen molar-refractivity contribution in [3.8, 4) is 11.3 Å². The van der Waals surface area contributed by atoms with Crippen molar-refractivity contribution in [2.75, 3.05) is 0 Å². The molecule has 0 fully saturated rings. The zero-order valence-corrected chi connectivity index (χ0v) is 19.5. The number of hydrogen-bond donors (Lipinski definition) is 0. The molecule has 0 atom stereocenters. The molecular formula is C26H17BrN2O5. The molecule has 34 heavy (non-hydrogen) atoms. The first-order chi connectivity index (χ1) is 16.4. The lowest BCUT2D eigenvalue weighted by molar-refractivity contribution is 0.0468. The van der Waals surface area contributed by atoms with Crippen molar-refractivity contribution in [2.45, 2.75) is 13.5 Å². The number of pyridine rings is 1. The minimum absolute atomic E-state index is 0.119. The molecule has 0 aliphatic carbocycles. The summed E-state index contributed by atoms with van der Waals surface area (Å²) in [6.45, 7) is 1.49. The topological polar surface area (TPSA) is 90.9 Å². The van der Waals surface area contributed by atoms with E-state index in [-0.39, 0.29) is 28.7 Å². The fourth-order valence-corrected chi connectivity index (χ4v) is 4.09. The third kappa shape index (κ3) is 3.92. The van der Waals surface area contributed by atoms with Gasteiger partial charge in [-0.1, -0.05) is 36.4 Å². The maximum atomic E-state index is 13.0. The molecule has 7 nitrogen and oxygen atoms in total. The van der Waals surface area contributed by atoms with E-state index in [9.17, 15) is 14.4 Å². The van der Waals surface area contributed by atoms with E-state index in [4.69, 9.17) is 9.15 Å². The third-order valence-electron chi connectivity index (χ3n) is 5.43. The van der Waals surface area contributed by atoms with Gasteiger partial charge in [-0.15, -0.1) is 0 Å². The molecule has 0 bridgehead atoms. The number of para-hydroxylation sites is 1. The van der Waals surface area contributed by atoms with Crippen LogP contribution in [-0.2, 0) is 11.3 Å². The van der Waals surface area contributed by atoms with Gasteiger partial charge in [0.2, 0.25) is 0 Å². The second-order valence-electron chi connectivity index (χ2n) is 7.67. The van der Waals surface area contributed by atoms with Crippen LogP contribution in [0.1, 0.15) is 21.6 Å². The molecule has 0 saturated heterocycles. The van der Waals surface area contributed by atoms with Gasteiger partial charge in [-0.3, -0.25) is 14.0 Å². The smallest absolute Gasteiger partial charge is 0.342 e. The average molecular weight is 517 g/mol. The van der Waals surface area contributed by atoms with Gasteiger partial charge >= 0.3 is 5.97 Å². The maximum absolute atomic E-state index is 13.0. The number of carbonyl (C=O) groups is 1. The lowest BCUT2D eigenvalue weighted by atomic mass is 10.0. The van der Waals surface area contributed by atoms with E-state index in [2.05, 4.69) is 20.9 Å². The fraction of sp³-hybridized carbons (Fsp3) is 0.0769. The van der Waals surface area contributed by atoms with E-state index >= 15 is 0 Å². The Balaban J connectivity index is 1.51. The second kappa shape index (κ2) is 8.72. The van der Waals surface area contributed by atoms with E-state index in [0.717, 1.165) is 10.0 Å². The van der Waals surface area contributed by atoms with Crippen molar-refractivity contribution < 1.29 is 13.9 Å². The van der Waals surface area contributed by atoms with Gasteiger partial charge in [0.05, 0.1) is 11.1 Å². The lowest BCUT2D eigenvalue weighted by Crippen LogP contribution is -2.17. The summed E-state index contributed by atoms with van der Waals surface area (Å²) in [5.74, 6) is -0.289. The van der Waals surface area contributed by atoms with Gasteiger partial charge in [-0.2, -0.15) is 0 Å². The lowest BCUT2D eigenvalue weighted by Gasteiger charge is -2.10. The summed E-state index contributed by atoms with van der Waals surface area (Å²) >= 11 is 3.32. The zero-order chi connectivity index (χ0) is 23.8. The molecule has 0 aliphatic rings. The number of rotatable bonds is 4. The summed E-state index contributed by atoms with van der Waals surface area (Å²) in [7, 11) is 0. The van der Waals surface area contributed by atoms with Crippen molar-refractivity contribution in [1.29, 1.82) is 0 Å². The quantitative estimate of drug-likeness (QED) is 0.315. The summed E-state index contributed by atoms with van der Waals surface area (Å²) in [5, 5.41) is 0.291. The molecule has 0 saturated carbocycles. The highest BCUT2D eigenvalue weighted by Crippen LogP contribution is 2.27. The highest BCUT2D eigenvalue weighted by Gasteiger charge is 2.19. The Bertz CT molecular complexity index is 1690. The molecule has 2 aromatic carbocycles. The van der Waals surface area contributed by atoms with Crippen LogP contribution in [-0.4, -0.2) is 15.4 Å². The Hall–Kier alpha value is -4.04. The maximum Gasteiger partial charge on any atom is 0.342 e. The number of fused-ring (bicyclic) bond motifs is 2. The molecule has 8 heteroatoms. The number of carbonyl (C=O) groups excluding carboxylic acids is 1. The van der Waals surface area contributed by atoms with Gasteiger partial charge in [-0.05, 0) is 47.1 Å². The van der Waals surface area contributed by atoms with Crippen LogP contribution >= 0.6 is 15.9 Å². The van der Waals surface area contributed by atoms with E-state index in [1.54, 1.807) is 37.4 Å². The number of halogens is 1. The van der Waals surface area contributed by atoms with E-state index in [1.165, 1.54) is 16.5 Å². The molecule has 0 radical (unpaired) electrons. The minimum Gasteiger partial charge on any atom is -0.455 e. The van der Waals surface area contributed by atoms with Gasteiger partial charge < -0.3 is 9.15 Å². The van der Waals surface area contributed by atoms with E-state index in [1.807, 2.05) is 30.3 Å². The van der Waals surface area contributed by atoms with Gasteiger partial charge in [0, 0.05) is 27.9 Å². The standard InChI is InChI=1S/C26H17BrN2O5/c1-15-23(31)19-8-5-9-20(25(19)34-24(15)16-6-3-2-4-7-16)26(32)33-14-18-12-22(30)29-13-17(27)10-11-21(29)28-18/h2-13H,14H2,1H3. The molecule has 3 heterocycles. The molecule has 0 unspecified atom stereocenters. The predicted octanol–water partition coefficient (Wildman–Crippen LogP) is 4.90. The molecule has 0 spiro atoms. The predicted molar refractivity (Wildman–Crippen MR) is 131 cm³/mol. The van der Waals surface area contributed by atoms with Gasteiger partial charge in [0.25, 0.3) is 5.56 Å². The Morgan fingerprint density at radius 3 is 2.65 bits per heavy atom. The Labute approximate surface area is 201 Å². The summed E-state index contributed by atoms with van der Waals surface area (Å²) in [5.41, 5.74) is 1.68. The normalized spacial score (nSPS) is 11.1. The van der Waals surface area contributed by atoms with Crippen LogP contribution in [0.5, 0.6) is 0 Å². The molecule has 3 aromatic heterocycles. The summed E-state index contributed by atoms with van der Waals surface area (Å²) in [6, 6.07) is 18.7. The number of ether oxygens (including phenoxy) is 1. The van der Waals surface area contributed by atoms with Crippen LogP contribution in [0.2, 0.25) is 0 Å². The Morgan fingerprint density at radius 2 is 1.85 bits per heavy atom. The molecular weight excluding hydrogens is 500 g/mol. The average Bonchev–Trinajstić information content (AvgIpc) is 2.85. The fourth-order valence-electron chi connectivity index (χ4n) is 3.75. The number of nitrogens with zero attached hydrogens (tertiary/aromatic N) is 2. The van der Waals surface area contributed by atoms with Gasteiger partial charge in [0.15, 0.2) is 11.0 Å². The second-order valence-corrected chi connectivity index (χ2v) is 8.59. The molecule has 168 valence electrons. The number of esters is 1. The van der Waals surface area contributed by atoms with Crippen LogP contribution in [0.25, 0.3) is 27.9 Å². The molecule has 0 N–H and O–H groups in total. The first kappa shape index (κ1) is 21.8. The summed E-state index contributed by atoms with van der Waals surface area (Å²) in [6.07, 6.45) is 1.62. The third-order valence-corrected chi connectivity index (χ3v) is 5.90. The van der Waals surface area contributed by atoms with Crippen LogP contribution < -0.4 is 11.0 Å².